The summed E-state index contributed by atoms with van der Waals surface area (Å²) >= 11 is 1.83. The van der Waals surface area contributed by atoms with Crippen LogP contribution in [-0.2, 0) is 10.0 Å². The minimum Gasteiger partial charge on any atom is -0.324 e. The number of nitrogens with one attached hydrogen (secondary N) is 1. The van der Waals surface area contributed by atoms with Crippen molar-refractivity contribution < 1.29 is 8.42 Å². The molecule has 0 spiro atoms. The second-order valence-electron chi connectivity index (χ2n) is 5.70. The molecule has 0 aromatic heterocycles. The Morgan fingerprint density at radius 3 is 2.81 bits per heavy atom. The van der Waals surface area contributed by atoms with Gasteiger partial charge in [-0.3, -0.25) is 0 Å². The van der Waals surface area contributed by atoms with Crippen LogP contribution in [0.15, 0.2) is 29.2 Å². The lowest BCUT2D eigenvalue weighted by atomic mass is 9.96. The fraction of sp³-hybridized carbons (Fsp3) is 0.600. The molecule has 0 heterocycles. The van der Waals surface area contributed by atoms with Gasteiger partial charge in [0.1, 0.15) is 0 Å². The van der Waals surface area contributed by atoms with Crippen molar-refractivity contribution in [3.63, 3.8) is 0 Å². The summed E-state index contributed by atoms with van der Waals surface area (Å²) in [6.07, 6.45) is 6.18. The van der Waals surface area contributed by atoms with E-state index in [9.17, 15) is 8.42 Å². The Kier molecular flexibility index (Phi) is 5.71. The zero-order valence-corrected chi connectivity index (χ0v) is 14.2. The Morgan fingerprint density at radius 2 is 2.14 bits per heavy atom. The minimum absolute atomic E-state index is 0.0418. The van der Waals surface area contributed by atoms with E-state index in [4.69, 9.17) is 5.73 Å². The molecule has 4 nitrogen and oxygen atoms in total. The summed E-state index contributed by atoms with van der Waals surface area (Å²) in [4.78, 5) is 0.309. The highest BCUT2D eigenvalue weighted by atomic mass is 32.2. The van der Waals surface area contributed by atoms with Gasteiger partial charge in [-0.05, 0) is 50.1 Å². The molecule has 0 amide bonds. The van der Waals surface area contributed by atoms with Gasteiger partial charge in [0.05, 0.1) is 4.90 Å². The van der Waals surface area contributed by atoms with E-state index in [-0.39, 0.29) is 12.1 Å². The van der Waals surface area contributed by atoms with E-state index in [0.717, 1.165) is 24.8 Å². The summed E-state index contributed by atoms with van der Waals surface area (Å²) < 4.78 is 27.9. The summed E-state index contributed by atoms with van der Waals surface area (Å²) in [5, 5.41) is 0.557. The molecule has 0 aliphatic heterocycles. The number of thioether (sulfide) groups is 1. The van der Waals surface area contributed by atoms with Crippen LogP contribution < -0.4 is 10.5 Å². The summed E-state index contributed by atoms with van der Waals surface area (Å²) in [7, 11) is -3.46. The Hall–Kier alpha value is -0.560. The summed E-state index contributed by atoms with van der Waals surface area (Å²) in [6, 6.07) is 6.77. The van der Waals surface area contributed by atoms with Gasteiger partial charge in [0, 0.05) is 17.3 Å². The Labute approximate surface area is 131 Å². The first-order valence-electron chi connectivity index (χ1n) is 7.33. The highest BCUT2D eigenvalue weighted by Gasteiger charge is 2.26. The van der Waals surface area contributed by atoms with Crippen LogP contribution in [0.1, 0.15) is 44.2 Å². The van der Waals surface area contributed by atoms with E-state index in [1.807, 2.05) is 24.8 Å². The summed E-state index contributed by atoms with van der Waals surface area (Å²) in [5.41, 5.74) is 6.66. The van der Waals surface area contributed by atoms with Crippen LogP contribution in [0.2, 0.25) is 0 Å². The predicted molar refractivity (Wildman–Crippen MR) is 88.9 cm³/mol. The highest BCUT2D eigenvalue weighted by molar-refractivity contribution is 7.99. The highest BCUT2D eigenvalue weighted by Crippen LogP contribution is 2.28. The van der Waals surface area contributed by atoms with Crippen LogP contribution in [0.4, 0.5) is 0 Å². The largest absolute Gasteiger partial charge is 0.324 e. The maximum Gasteiger partial charge on any atom is 0.240 e. The molecule has 118 valence electrons. The lowest BCUT2D eigenvalue weighted by molar-refractivity contribution is 0.421. The molecule has 3 atom stereocenters. The van der Waals surface area contributed by atoms with Crippen molar-refractivity contribution in [3.8, 4) is 0 Å². The van der Waals surface area contributed by atoms with E-state index in [1.54, 1.807) is 18.2 Å². The first kappa shape index (κ1) is 16.8. The molecular formula is C15H24N2O2S2. The number of sulfonamides is 1. The van der Waals surface area contributed by atoms with Gasteiger partial charge in [0.15, 0.2) is 0 Å². The van der Waals surface area contributed by atoms with Crippen molar-refractivity contribution in [2.24, 2.45) is 5.73 Å². The standard InChI is InChI=1S/C15H24N2O2S2/c1-11(16)12-5-3-8-15(9-12)21(18,19)17-13-6-4-7-14(10-13)20-2/h3,5,8-9,11,13-14,17H,4,6-7,10,16H2,1-2H3. The van der Waals surface area contributed by atoms with Crippen molar-refractivity contribution >= 4 is 21.8 Å². The van der Waals surface area contributed by atoms with Crippen molar-refractivity contribution in [2.45, 2.75) is 54.8 Å². The smallest absolute Gasteiger partial charge is 0.240 e. The molecule has 0 bridgehead atoms. The van der Waals surface area contributed by atoms with Crippen LogP contribution >= 0.6 is 11.8 Å². The van der Waals surface area contributed by atoms with Crippen LogP contribution in [-0.4, -0.2) is 26.0 Å². The molecule has 21 heavy (non-hydrogen) atoms. The first-order chi connectivity index (χ1) is 9.92. The number of hydrogen-bond donors (Lipinski definition) is 2. The van der Waals surface area contributed by atoms with Gasteiger partial charge in [-0.25, -0.2) is 13.1 Å². The fourth-order valence-corrected chi connectivity index (χ4v) is 4.88. The van der Waals surface area contributed by atoms with Crippen molar-refractivity contribution in [1.29, 1.82) is 0 Å². The lowest BCUT2D eigenvalue weighted by Gasteiger charge is -2.28. The van der Waals surface area contributed by atoms with E-state index in [2.05, 4.69) is 11.0 Å². The lowest BCUT2D eigenvalue weighted by Crippen LogP contribution is -2.39. The third-order valence-electron chi connectivity index (χ3n) is 3.98. The van der Waals surface area contributed by atoms with Crippen LogP contribution in [0.5, 0.6) is 0 Å². The molecule has 1 aromatic carbocycles. The molecule has 6 heteroatoms. The molecule has 0 saturated heterocycles. The molecule has 0 radical (unpaired) electrons. The Balaban J connectivity index is 2.13. The Morgan fingerprint density at radius 1 is 1.38 bits per heavy atom. The monoisotopic (exact) mass is 328 g/mol. The predicted octanol–water partition coefficient (Wildman–Crippen LogP) is 2.66. The third-order valence-corrected chi connectivity index (χ3v) is 6.59. The van der Waals surface area contributed by atoms with Gasteiger partial charge in [-0.1, -0.05) is 18.6 Å². The van der Waals surface area contributed by atoms with Gasteiger partial charge >= 0.3 is 0 Å². The van der Waals surface area contributed by atoms with Crippen LogP contribution in [0, 0.1) is 0 Å². The maximum atomic E-state index is 12.5. The zero-order valence-electron chi connectivity index (χ0n) is 12.6. The normalized spacial score (nSPS) is 24.7. The van der Waals surface area contributed by atoms with E-state index in [0.29, 0.717) is 10.1 Å². The van der Waals surface area contributed by atoms with Crippen molar-refractivity contribution in [3.05, 3.63) is 29.8 Å². The molecular weight excluding hydrogens is 304 g/mol. The molecule has 1 saturated carbocycles. The molecule has 1 aliphatic rings. The van der Waals surface area contributed by atoms with E-state index in [1.165, 1.54) is 6.42 Å². The fourth-order valence-electron chi connectivity index (χ4n) is 2.72. The van der Waals surface area contributed by atoms with Gasteiger partial charge in [0.25, 0.3) is 0 Å². The summed E-state index contributed by atoms with van der Waals surface area (Å²) in [5.74, 6) is 0. The molecule has 1 aliphatic carbocycles. The SMILES string of the molecule is CSC1CCCC(NS(=O)(=O)c2cccc(C(C)N)c2)C1. The number of benzene rings is 1. The third kappa shape index (κ3) is 4.45. The number of rotatable bonds is 5. The van der Waals surface area contributed by atoms with Gasteiger partial charge in [-0.15, -0.1) is 0 Å². The number of hydrogen-bond acceptors (Lipinski definition) is 4. The van der Waals surface area contributed by atoms with Gasteiger partial charge in [0.2, 0.25) is 10.0 Å². The quantitative estimate of drug-likeness (QED) is 0.871. The zero-order chi connectivity index (χ0) is 15.5. The molecule has 1 fully saturated rings. The van der Waals surface area contributed by atoms with Gasteiger partial charge < -0.3 is 5.73 Å². The topological polar surface area (TPSA) is 72.2 Å². The van der Waals surface area contributed by atoms with Crippen molar-refractivity contribution in [2.75, 3.05) is 6.26 Å². The van der Waals surface area contributed by atoms with Crippen LogP contribution in [0.25, 0.3) is 0 Å². The molecule has 2 rings (SSSR count). The van der Waals surface area contributed by atoms with E-state index < -0.39 is 10.0 Å². The molecule has 3 N–H and O–H groups in total. The Bertz CT molecular complexity index is 573. The first-order valence-corrected chi connectivity index (χ1v) is 10.1. The van der Waals surface area contributed by atoms with Gasteiger partial charge in [-0.2, -0.15) is 11.8 Å². The second kappa shape index (κ2) is 7.13. The summed E-state index contributed by atoms with van der Waals surface area (Å²) in [6.45, 7) is 1.85. The number of nitrogens with two attached hydrogens (primary N) is 1. The maximum absolute atomic E-state index is 12.5. The molecule has 3 unspecified atom stereocenters. The van der Waals surface area contributed by atoms with Crippen LogP contribution in [0.3, 0.4) is 0 Å². The average Bonchev–Trinajstić information content (AvgIpc) is 2.47. The van der Waals surface area contributed by atoms with Crippen molar-refractivity contribution in [1.82, 2.24) is 4.72 Å². The molecule has 1 aromatic rings. The van der Waals surface area contributed by atoms with E-state index >= 15 is 0 Å². The average molecular weight is 329 g/mol. The second-order valence-corrected chi connectivity index (χ2v) is 8.56. The minimum atomic E-state index is -3.46.